The van der Waals surface area contributed by atoms with E-state index in [-0.39, 0.29) is 18.9 Å². The van der Waals surface area contributed by atoms with Crippen LogP contribution in [0.4, 0.5) is 23.7 Å². The molecule has 2 heterocycles. The molecule has 0 bridgehead atoms. The molecule has 0 spiro atoms. The van der Waals surface area contributed by atoms with E-state index in [2.05, 4.69) is 5.32 Å². The van der Waals surface area contributed by atoms with Crippen molar-refractivity contribution in [2.75, 3.05) is 11.5 Å². The van der Waals surface area contributed by atoms with Gasteiger partial charge in [-0.1, -0.05) is 36.4 Å². The lowest BCUT2D eigenvalue weighted by Gasteiger charge is -2.25. The van der Waals surface area contributed by atoms with Gasteiger partial charge in [0.2, 0.25) is 0 Å². The van der Waals surface area contributed by atoms with Crippen molar-refractivity contribution in [3.8, 4) is 6.07 Å². The van der Waals surface area contributed by atoms with Gasteiger partial charge in [0, 0.05) is 4.88 Å². The summed E-state index contributed by atoms with van der Waals surface area (Å²) in [6.45, 7) is -0.0436. The lowest BCUT2D eigenvalue weighted by atomic mass is 9.98. The average Bonchev–Trinajstić information content (AvgIpc) is 3.41. The molecule has 1 N–H and O–H groups in total. The highest BCUT2D eigenvalue weighted by atomic mass is 32.1. The number of nitrogens with one attached hydrogen (secondary N) is 1. The molecule has 1 aliphatic rings. The molecule has 1 unspecified atom stereocenters. The van der Waals surface area contributed by atoms with E-state index in [0.29, 0.717) is 15.8 Å². The van der Waals surface area contributed by atoms with Crippen LogP contribution in [0.15, 0.2) is 66.0 Å². The van der Waals surface area contributed by atoms with Crippen LogP contribution in [0.5, 0.6) is 0 Å². The molecule has 1 fully saturated rings. The highest BCUT2D eigenvalue weighted by molar-refractivity contribution is 7.10. The highest BCUT2D eigenvalue weighted by Gasteiger charge is 2.54. The number of thiophene rings is 1. The topological polar surface area (TPSA) is 82.4 Å². The largest absolute Gasteiger partial charge is 0.417 e. The second kappa shape index (κ2) is 8.69. The van der Waals surface area contributed by atoms with E-state index in [1.165, 1.54) is 17.4 Å². The maximum atomic E-state index is 13.5. The molecule has 2 aromatic carbocycles. The summed E-state index contributed by atoms with van der Waals surface area (Å²) in [5.74, 6) is -0.763. The first kappa shape index (κ1) is 22.5. The predicted molar refractivity (Wildman–Crippen MR) is 114 cm³/mol. The Kier molecular flexibility index (Phi) is 5.93. The molecule has 3 aromatic rings. The lowest BCUT2D eigenvalue weighted by molar-refractivity contribution is -0.137. The van der Waals surface area contributed by atoms with E-state index < -0.39 is 34.8 Å². The number of amides is 3. The molecule has 10 heteroatoms. The Hall–Kier alpha value is -3.68. The number of carbonyl (C=O) groups excluding carboxylic acids is 2. The van der Waals surface area contributed by atoms with Crippen LogP contribution in [0.1, 0.15) is 21.6 Å². The second-order valence-electron chi connectivity index (χ2n) is 7.27. The molecule has 168 valence electrons. The number of rotatable bonds is 6. The van der Waals surface area contributed by atoms with Crippen molar-refractivity contribution in [3.63, 3.8) is 0 Å². The number of hydrogen-bond donors (Lipinski definition) is 1. The number of alkyl halides is 3. The molecule has 33 heavy (non-hydrogen) atoms. The van der Waals surface area contributed by atoms with Crippen LogP contribution in [0.2, 0.25) is 0 Å². The molecule has 0 saturated carbocycles. The van der Waals surface area contributed by atoms with Crippen molar-refractivity contribution in [2.24, 2.45) is 0 Å². The normalized spacial score (nSPS) is 18.3. The van der Waals surface area contributed by atoms with Gasteiger partial charge >= 0.3 is 12.2 Å². The van der Waals surface area contributed by atoms with Gasteiger partial charge in [0.05, 0.1) is 36.1 Å². The number of carbonyl (C=O) groups is 2. The fourth-order valence-electron chi connectivity index (χ4n) is 3.57. The SMILES string of the molecule is N#Cc1ccc(N2C(=O)NC(COCc3ccccc3)(c3cccs3)C2=O)cc1C(F)(F)F. The van der Waals surface area contributed by atoms with Crippen molar-refractivity contribution < 1.29 is 27.5 Å². The van der Waals surface area contributed by atoms with E-state index >= 15 is 0 Å². The summed E-state index contributed by atoms with van der Waals surface area (Å²) in [4.78, 5) is 27.5. The molecular formula is C23H16F3N3O3S. The number of urea groups is 1. The van der Waals surface area contributed by atoms with Gasteiger partial charge in [-0.2, -0.15) is 18.4 Å². The van der Waals surface area contributed by atoms with Gasteiger partial charge in [-0.25, -0.2) is 9.69 Å². The standard InChI is InChI=1S/C23H16F3N3O3S/c24-23(25,26)18-11-17(9-8-16(18)12-27)29-20(30)22(28-21(29)31,19-7-4-10-33-19)14-32-13-15-5-2-1-3-6-15/h1-11H,13-14H2,(H,28,31). The molecule has 6 nitrogen and oxygen atoms in total. The number of halogens is 3. The van der Waals surface area contributed by atoms with Gasteiger partial charge in [0.1, 0.15) is 0 Å². The minimum Gasteiger partial charge on any atom is -0.373 e. The number of hydrogen-bond acceptors (Lipinski definition) is 5. The van der Waals surface area contributed by atoms with Gasteiger partial charge in [0.25, 0.3) is 5.91 Å². The van der Waals surface area contributed by atoms with Crippen LogP contribution in [-0.2, 0) is 27.9 Å². The summed E-state index contributed by atoms with van der Waals surface area (Å²) < 4.78 is 46.0. The number of nitrogens with zero attached hydrogens (tertiary/aromatic N) is 2. The molecule has 4 rings (SSSR count). The lowest BCUT2D eigenvalue weighted by Crippen LogP contribution is -2.47. The molecule has 1 saturated heterocycles. The summed E-state index contributed by atoms with van der Waals surface area (Å²) in [5, 5.41) is 13.4. The van der Waals surface area contributed by atoms with Crippen molar-refractivity contribution in [2.45, 2.75) is 18.3 Å². The number of nitriles is 1. The van der Waals surface area contributed by atoms with Gasteiger partial charge in [0.15, 0.2) is 5.54 Å². The average molecular weight is 471 g/mol. The number of ether oxygens (including phenoxy) is 1. The summed E-state index contributed by atoms with van der Waals surface area (Å²) in [7, 11) is 0. The molecule has 0 aliphatic carbocycles. The van der Waals surface area contributed by atoms with Gasteiger partial charge in [-0.05, 0) is 35.2 Å². The Labute approximate surface area is 190 Å². The highest BCUT2D eigenvalue weighted by Crippen LogP contribution is 2.38. The third-order valence-corrected chi connectivity index (χ3v) is 6.18. The Bertz CT molecular complexity index is 1220. The van der Waals surface area contributed by atoms with Crippen molar-refractivity contribution in [1.82, 2.24) is 5.32 Å². The molecule has 1 atom stereocenters. The first-order chi connectivity index (χ1) is 15.8. The summed E-state index contributed by atoms with van der Waals surface area (Å²) in [6, 6.07) is 15.9. The van der Waals surface area contributed by atoms with Gasteiger partial charge < -0.3 is 10.1 Å². The first-order valence-electron chi connectivity index (χ1n) is 9.70. The summed E-state index contributed by atoms with van der Waals surface area (Å²) in [6.07, 6.45) is -4.83. The molecule has 0 radical (unpaired) electrons. The third-order valence-electron chi connectivity index (χ3n) is 5.15. The Balaban J connectivity index is 1.68. The van der Waals surface area contributed by atoms with Gasteiger partial charge in [-0.3, -0.25) is 4.79 Å². The zero-order valence-corrected chi connectivity index (χ0v) is 17.7. The van der Waals surface area contributed by atoms with Crippen LogP contribution >= 0.6 is 11.3 Å². The Morgan fingerprint density at radius 1 is 1.09 bits per heavy atom. The van der Waals surface area contributed by atoms with Gasteiger partial charge in [-0.15, -0.1) is 11.3 Å². The maximum Gasteiger partial charge on any atom is 0.417 e. The number of benzene rings is 2. The van der Waals surface area contributed by atoms with Crippen molar-refractivity contribution >= 4 is 29.0 Å². The number of imide groups is 1. The monoisotopic (exact) mass is 471 g/mol. The Morgan fingerprint density at radius 3 is 2.48 bits per heavy atom. The summed E-state index contributed by atoms with van der Waals surface area (Å²) in [5.41, 5.74) is -2.85. The first-order valence-corrected chi connectivity index (χ1v) is 10.6. The van der Waals surface area contributed by atoms with E-state index in [9.17, 15) is 22.8 Å². The van der Waals surface area contributed by atoms with E-state index in [1.54, 1.807) is 17.5 Å². The zero-order chi connectivity index (χ0) is 23.6. The van der Waals surface area contributed by atoms with Crippen molar-refractivity contribution in [3.05, 3.63) is 87.6 Å². The smallest absolute Gasteiger partial charge is 0.373 e. The molecular weight excluding hydrogens is 455 g/mol. The van der Waals surface area contributed by atoms with E-state index in [1.807, 2.05) is 30.3 Å². The maximum absolute atomic E-state index is 13.5. The fourth-order valence-corrected chi connectivity index (χ4v) is 4.43. The zero-order valence-electron chi connectivity index (χ0n) is 16.9. The van der Waals surface area contributed by atoms with E-state index in [0.717, 1.165) is 17.7 Å². The van der Waals surface area contributed by atoms with Crippen molar-refractivity contribution in [1.29, 1.82) is 5.26 Å². The van der Waals surface area contributed by atoms with Crippen LogP contribution in [0, 0.1) is 11.3 Å². The second-order valence-corrected chi connectivity index (χ2v) is 8.22. The molecule has 1 aliphatic heterocycles. The summed E-state index contributed by atoms with van der Waals surface area (Å²) >= 11 is 1.22. The minimum atomic E-state index is -4.83. The number of anilines is 1. The van der Waals surface area contributed by atoms with Crippen LogP contribution in [-0.4, -0.2) is 18.5 Å². The fraction of sp³-hybridized carbons (Fsp3) is 0.174. The molecule has 1 aromatic heterocycles. The predicted octanol–water partition coefficient (Wildman–Crippen LogP) is 4.81. The minimum absolute atomic E-state index is 0.173. The van der Waals surface area contributed by atoms with Crippen LogP contribution in [0.25, 0.3) is 0 Å². The van der Waals surface area contributed by atoms with Crippen LogP contribution in [0.3, 0.4) is 0 Å². The van der Waals surface area contributed by atoms with Crippen LogP contribution < -0.4 is 10.2 Å². The van der Waals surface area contributed by atoms with E-state index in [4.69, 9.17) is 10.00 Å². The molecule has 3 amide bonds. The quantitative estimate of drug-likeness (QED) is 0.524. The third kappa shape index (κ3) is 4.20. The Morgan fingerprint density at radius 2 is 1.85 bits per heavy atom.